The van der Waals surface area contributed by atoms with Crippen LogP contribution in [0.15, 0.2) is 30.5 Å². The molecular weight excluding hydrogens is 467 g/mol. The summed E-state index contributed by atoms with van der Waals surface area (Å²) in [5.74, 6) is -0.565. The van der Waals surface area contributed by atoms with Gasteiger partial charge in [-0.25, -0.2) is 22.3 Å². The summed E-state index contributed by atoms with van der Waals surface area (Å²) in [5.41, 5.74) is 2.19. The molecule has 0 bridgehead atoms. The highest BCUT2D eigenvalue weighted by molar-refractivity contribution is 9.08. The van der Waals surface area contributed by atoms with Gasteiger partial charge in [-0.05, 0) is 30.2 Å². The fourth-order valence-corrected chi connectivity index (χ4v) is 4.79. The molecule has 154 valence electrons. The first-order valence-corrected chi connectivity index (χ1v) is 11.9. The summed E-state index contributed by atoms with van der Waals surface area (Å²) < 4.78 is 44.8. The Morgan fingerprint density at radius 3 is 2.83 bits per heavy atom. The molecule has 2 aromatic rings. The normalized spacial score (nSPS) is 21.2. The van der Waals surface area contributed by atoms with Crippen LogP contribution >= 0.6 is 15.9 Å². The highest BCUT2D eigenvalue weighted by Crippen LogP contribution is 2.30. The lowest BCUT2D eigenvalue weighted by Gasteiger charge is -2.17. The molecule has 1 fully saturated rings. The number of allylic oxidation sites excluding steroid dienone is 1. The first-order valence-electron chi connectivity index (χ1n) is 8.97. The first kappa shape index (κ1) is 20.0. The van der Waals surface area contributed by atoms with Crippen LogP contribution in [0.25, 0.3) is 5.57 Å². The van der Waals surface area contributed by atoms with E-state index in [1.165, 1.54) is 11.0 Å². The number of carbonyl (C=O) groups is 1. The topological polar surface area (TPSA) is 94.4 Å². The molecule has 1 aromatic heterocycles. The number of anilines is 1. The number of amides is 1. The van der Waals surface area contributed by atoms with Crippen molar-refractivity contribution in [2.24, 2.45) is 0 Å². The van der Waals surface area contributed by atoms with Gasteiger partial charge in [-0.3, -0.25) is 4.90 Å². The van der Waals surface area contributed by atoms with Crippen molar-refractivity contribution in [3.8, 4) is 0 Å². The summed E-state index contributed by atoms with van der Waals surface area (Å²) >= 11 is 3.30. The van der Waals surface area contributed by atoms with Crippen LogP contribution in [0.3, 0.4) is 0 Å². The third-order valence-corrected chi connectivity index (χ3v) is 6.94. The van der Waals surface area contributed by atoms with E-state index in [0.29, 0.717) is 28.7 Å². The fraction of sp³-hybridized carbons (Fsp3) is 0.389. The third kappa shape index (κ3) is 4.35. The largest absolute Gasteiger partial charge is 0.442 e. The van der Waals surface area contributed by atoms with E-state index >= 15 is 0 Å². The van der Waals surface area contributed by atoms with E-state index in [2.05, 4.69) is 26.2 Å². The number of halogens is 2. The average Bonchev–Trinajstić information content (AvgIpc) is 3.28. The number of rotatable bonds is 5. The van der Waals surface area contributed by atoms with E-state index in [1.54, 1.807) is 29.1 Å². The van der Waals surface area contributed by atoms with E-state index in [-0.39, 0.29) is 24.5 Å². The lowest BCUT2D eigenvalue weighted by Crippen LogP contribution is -2.26. The monoisotopic (exact) mass is 484 g/mol. The Hall–Kier alpha value is -2.27. The number of alkyl halides is 1. The molecule has 0 aliphatic carbocycles. The molecule has 4 rings (SSSR count). The second-order valence-corrected chi connectivity index (χ2v) is 9.73. The molecule has 0 N–H and O–H groups in total. The zero-order valence-corrected chi connectivity index (χ0v) is 17.7. The van der Waals surface area contributed by atoms with E-state index < -0.39 is 27.9 Å². The Balaban J connectivity index is 1.48. The number of ether oxygens (including phenoxy) is 1. The van der Waals surface area contributed by atoms with Crippen LogP contribution in [-0.4, -0.2) is 53.7 Å². The van der Waals surface area contributed by atoms with Crippen molar-refractivity contribution in [2.45, 2.75) is 24.4 Å². The van der Waals surface area contributed by atoms with Crippen molar-refractivity contribution in [1.82, 2.24) is 15.0 Å². The molecule has 29 heavy (non-hydrogen) atoms. The van der Waals surface area contributed by atoms with Crippen LogP contribution in [0, 0.1) is 5.82 Å². The van der Waals surface area contributed by atoms with E-state index in [4.69, 9.17) is 4.74 Å². The molecule has 1 saturated heterocycles. The van der Waals surface area contributed by atoms with Crippen molar-refractivity contribution >= 4 is 43.1 Å². The van der Waals surface area contributed by atoms with Gasteiger partial charge in [0, 0.05) is 17.1 Å². The molecule has 1 amide bonds. The summed E-state index contributed by atoms with van der Waals surface area (Å²) in [6.45, 7) is 0.617. The second-order valence-electron chi connectivity index (χ2n) is 6.94. The molecule has 1 aromatic carbocycles. The van der Waals surface area contributed by atoms with Crippen molar-refractivity contribution < 1.29 is 22.3 Å². The maximum absolute atomic E-state index is 14.7. The summed E-state index contributed by atoms with van der Waals surface area (Å²) in [6, 6.07) is 4.50. The molecule has 2 aliphatic heterocycles. The summed E-state index contributed by atoms with van der Waals surface area (Å²) in [4.78, 5) is 13.6. The Morgan fingerprint density at radius 2 is 2.17 bits per heavy atom. The van der Waals surface area contributed by atoms with Crippen molar-refractivity contribution in [3.05, 3.63) is 47.5 Å². The van der Waals surface area contributed by atoms with Crippen LogP contribution < -0.4 is 4.90 Å². The quantitative estimate of drug-likeness (QED) is 0.605. The number of benzene rings is 1. The van der Waals surface area contributed by atoms with Crippen LogP contribution in [0.5, 0.6) is 0 Å². The van der Waals surface area contributed by atoms with Crippen molar-refractivity contribution in [2.75, 3.05) is 23.0 Å². The summed E-state index contributed by atoms with van der Waals surface area (Å²) in [5, 5.41) is 8.53. The first-order chi connectivity index (χ1) is 13.8. The zero-order chi connectivity index (χ0) is 20.6. The molecule has 0 radical (unpaired) electrons. The van der Waals surface area contributed by atoms with Gasteiger partial charge in [-0.2, -0.15) is 0 Å². The molecule has 1 unspecified atom stereocenters. The number of sulfone groups is 1. The molecule has 0 saturated carbocycles. The Bertz CT molecular complexity index is 1090. The number of hydrogen-bond acceptors (Lipinski definition) is 6. The molecule has 1 atom stereocenters. The van der Waals surface area contributed by atoms with Gasteiger partial charge in [0.2, 0.25) is 0 Å². The third-order valence-electron chi connectivity index (χ3n) is 4.86. The lowest BCUT2D eigenvalue weighted by molar-refractivity contribution is 0.129. The van der Waals surface area contributed by atoms with E-state index in [9.17, 15) is 17.6 Å². The van der Waals surface area contributed by atoms with Crippen LogP contribution in [0.4, 0.5) is 14.9 Å². The lowest BCUT2D eigenvalue weighted by atomic mass is 10.0. The Morgan fingerprint density at radius 1 is 1.34 bits per heavy atom. The number of hydrogen-bond donors (Lipinski definition) is 0. The van der Waals surface area contributed by atoms with Crippen molar-refractivity contribution in [1.29, 1.82) is 0 Å². The minimum absolute atomic E-state index is 0.0131. The van der Waals surface area contributed by atoms with Crippen LogP contribution in [-0.2, 0) is 26.4 Å². The van der Waals surface area contributed by atoms with Crippen molar-refractivity contribution in [3.63, 3.8) is 0 Å². The molecular formula is C18H18BrFN4O4S. The second kappa shape index (κ2) is 7.86. The smallest absolute Gasteiger partial charge is 0.414 e. The molecule has 3 heterocycles. The maximum atomic E-state index is 14.7. The summed E-state index contributed by atoms with van der Waals surface area (Å²) in [6.07, 6.45) is 2.61. The minimum atomic E-state index is -3.08. The number of cyclic esters (lactones) is 1. The van der Waals surface area contributed by atoms with Gasteiger partial charge in [0.1, 0.15) is 11.9 Å². The van der Waals surface area contributed by atoms with E-state index in [0.717, 1.165) is 5.69 Å². The van der Waals surface area contributed by atoms with Gasteiger partial charge < -0.3 is 4.74 Å². The van der Waals surface area contributed by atoms with Gasteiger partial charge in [0.15, 0.2) is 9.84 Å². The Kier molecular flexibility index (Phi) is 5.43. The molecule has 11 heteroatoms. The SMILES string of the molecule is O=C1OC(Cn2cc(CBr)nn2)CN1c1ccc(C2=CCS(=O)(=O)CC2)c(F)c1. The predicted molar refractivity (Wildman–Crippen MR) is 108 cm³/mol. The van der Waals surface area contributed by atoms with Gasteiger partial charge in [0.05, 0.1) is 36.0 Å². The predicted octanol–water partition coefficient (Wildman–Crippen LogP) is 2.54. The molecule has 8 nitrogen and oxygen atoms in total. The summed E-state index contributed by atoms with van der Waals surface area (Å²) in [7, 11) is -3.08. The van der Waals surface area contributed by atoms with Gasteiger partial charge in [-0.1, -0.05) is 27.2 Å². The van der Waals surface area contributed by atoms with E-state index in [1.807, 2.05) is 0 Å². The number of nitrogens with zero attached hydrogens (tertiary/aromatic N) is 4. The van der Waals surface area contributed by atoms with Gasteiger partial charge in [0.25, 0.3) is 0 Å². The average molecular weight is 485 g/mol. The fourth-order valence-electron chi connectivity index (χ4n) is 3.38. The van der Waals surface area contributed by atoms with Gasteiger partial charge >= 0.3 is 6.09 Å². The molecule has 0 spiro atoms. The maximum Gasteiger partial charge on any atom is 0.414 e. The highest BCUT2D eigenvalue weighted by Gasteiger charge is 2.33. The molecule has 2 aliphatic rings. The highest BCUT2D eigenvalue weighted by atomic mass is 79.9. The van der Waals surface area contributed by atoms with Gasteiger partial charge in [-0.15, -0.1) is 5.10 Å². The minimum Gasteiger partial charge on any atom is -0.442 e. The zero-order valence-electron chi connectivity index (χ0n) is 15.3. The number of carbonyl (C=O) groups excluding carboxylic acids is 1. The van der Waals surface area contributed by atoms with Crippen LogP contribution in [0.1, 0.15) is 17.7 Å². The Labute approximate surface area is 175 Å². The standard InChI is InChI=1S/C18H18BrFN4O4S/c19-8-13-9-23(22-21-13)10-15-11-24(18(25)28-15)14-1-2-16(17(20)7-14)12-3-5-29(26,27)6-4-12/h1-3,7,9,15H,4-6,8,10-11H2. The number of aromatic nitrogens is 3. The van der Waals surface area contributed by atoms with Crippen LogP contribution in [0.2, 0.25) is 0 Å².